The smallest absolute Gasteiger partial charge is 0.237 e. The summed E-state index contributed by atoms with van der Waals surface area (Å²) in [6.07, 6.45) is 0.908. The van der Waals surface area contributed by atoms with Crippen molar-refractivity contribution >= 4 is 5.91 Å². The number of ether oxygens (including phenoxy) is 2. The van der Waals surface area contributed by atoms with Gasteiger partial charge in [0.25, 0.3) is 0 Å². The van der Waals surface area contributed by atoms with E-state index in [1.807, 2.05) is 52.8 Å². The highest BCUT2D eigenvalue weighted by Gasteiger charge is 2.15. The van der Waals surface area contributed by atoms with Gasteiger partial charge in [0.15, 0.2) is 11.5 Å². The van der Waals surface area contributed by atoms with Gasteiger partial charge in [0, 0.05) is 12.6 Å². The molecule has 0 aliphatic rings. The Labute approximate surface area is 166 Å². The number of methoxy groups -OCH3 is 1. The highest BCUT2D eigenvalue weighted by atomic mass is 16.5. The lowest BCUT2D eigenvalue weighted by atomic mass is 10.1. The van der Waals surface area contributed by atoms with E-state index in [9.17, 15) is 4.79 Å². The van der Waals surface area contributed by atoms with Crippen molar-refractivity contribution in [2.45, 2.75) is 66.3 Å². The Hall–Kier alpha value is -2.54. The molecule has 0 aliphatic carbocycles. The summed E-state index contributed by atoms with van der Waals surface area (Å²) < 4.78 is 16.5. The van der Waals surface area contributed by atoms with Gasteiger partial charge in [0.2, 0.25) is 5.91 Å². The van der Waals surface area contributed by atoms with Gasteiger partial charge in [-0.05, 0) is 51.8 Å². The van der Waals surface area contributed by atoms with Crippen molar-refractivity contribution in [1.82, 2.24) is 15.8 Å². The van der Waals surface area contributed by atoms with E-state index < -0.39 is 0 Å². The first-order chi connectivity index (χ1) is 13.3. The lowest BCUT2D eigenvalue weighted by Gasteiger charge is -2.18. The average Bonchev–Trinajstić information content (AvgIpc) is 3.01. The van der Waals surface area contributed by atoms with Crippen LogP contribution in [0.4, 0.5) is 0 Å². The highest BCUT2D eigenvalue weighted by Crippen LogP contribution is 2.29. The van der Waals surface area contributed by atoms with E-state index in [1.54, 1.807) is 7.11 Å². The van der Waals surface area contributed by atoms with Gasteiger partial charge in [-0.3, -0.25) is 4.79 Å². The van der Waals surface area contributed by atoms with Crippen molar-refractivity contribution in [3.8, 4) is 11.5 Å². The molecule has 154 valence electrons. The minimum atomic E-state index is -0.282. The number of hydrogen-bond acceptors (Lipinski definition) is 6. The van der Waals surface area contributed by atoms with E-state index in [2.05, 4.69) is 15.8 Å². The van der Waals surface area contributed by atoms with Gasteiger partial charge in [-0.25, -0.2) is 0 Å². The Morgan fingerprint density at radius 1 is 1.25 bits per heavy atom. The second-order valence-corrected chi connectivity index (χ2v) is 7.00. The Kier molecular flexibility index (Phi) is 7.87. The molecular weight excluding hydrogens is 358 g/mol. The van der Waals surface area contributed by atoms with Crippen molar-refractivity contribution in [3.05, 3.63) is 40.8 Å². The zero-order chi connectivity index (χ0) is 20.7. The molecule has 28 heavy (non-hydrogen) atoms. The number of carbonyl (C=O) groups is 1. The van der Waals surface area contributed by atoms with Gasteiger partial charge >= 0.3 is 0 Å². The topological polar surface area (TPSA) is 85.6 Å². The first kappa shape index (κ1) is 21.8. The molecule has 2 atom stereocenters. The fraction of sp³-hybridized carbons (Fsp3) is 0.524. The Morgan fingerprint density at radius 2 is 2.00 bits per heavy atom. The molecule has 0 aliphatic heterocycles. The highest BCUT2D eigenvalue weighted by molar-refractivity contribution is 5.81. The van der Waals surface area contributed by atoms with E-state index in [4.69, 9.17) is 14.0 Å². The van der Waals surface area contributed by atoms with Gasteiger partial charge in [-0.1, -0.05) is 18.1 Å². The number of amides is 1. The minimum Gasteiger partial charge on any atom is -0.493 e. The molecule has 2 rings (SSSR count). The largest absolute Gasteiger partial charge is 0.493 e. The summed E-state index contributed by atoms with van der Waals surface area (Å²) in [5.41, 5.74) is 2.76. The molecule has 7 nitrogen and oxygen atoms in total. The quantitative estimate of drug-likeness (QED) is 0.649. The van der Waals surface area contributed by atoms with E-state index in [-0.39, 0.29) is 18.0 Å². The van der Waals surface area contributed by atoms with Crippen molar-refractivity contribution in [1.29, 1.82) is 0 Å². The molecule has 1 heterocycles. The van der Waals surface area contributed by atoms with E-state index >= 15 is 0 Å². The maximum atomic E-state index is 12.1. The molecule has 0 saturated carbocycles. The van der Waals surface area contributed by atoms with Crippen LogP contribution in [-0.2, 0) is 17.9 Å². The van der Waals surface area contributed by atoms with Crippen molar-refractivity contribution in [2.24, 2.45) is 0 Å². The third kappa shape index (κ3) is 5.73. The summed E-state index contributed by atoms with van der Waals surface area (Å²) >= 11 is 0. The number of rotatable bonds is 10. The van der Waals surface area contributed by atoms with Crippen molar-refractivity contribution in [2.75, 3.05) is 7.11 Å². The molecule has 2 N–H and O–H groups in total. The van der Waals surface area contributed by atoms with Crippen LogP contribution in [0.5, 0.6) is 11.5 Å². The SMILES string of the molecule is CCC(C)NC(=O)C(C)NCc1ccc(OCc2c(C)noc2C)c(OC)c1. The summed E-state index contributed by atoms with van der Waals surface area (Å²) in [6, 6.07) is 5.63. The Balaban J connectivity index is 1.96. The van der Waals surface area contributed by atoms with Gasteiger partial charge in [-0.2, -0.15) is 0 Å². The van der Waals surface area contributed by atoms with Gasteiger partial charge in [0.1, 0.15) is 12.4 Å². The minimum absolute atomic E-state index is 0.000676. The van der Waals surface area contributed by atoms with Crippen molar-refractivity contribution < 1.29 is 18.8 Å². The molecule has 1 aromatic carbocycles. The Bertz CT molecular complexity index is 768. The third-order valence-corrected chi connectivity index (χ3v) is 4.79. The molecule has 0 radical (unpaired) electrons. The summed E-state index contributed by atoms with van der Waals surface area (Å²) in [4.78, 5) is 12.1. The maximum Gasteiger partial charge on any atom is 0.237 e. The zero-order valence-corrected chi connectivity index (χ0v) is 17.6. The van der Waals surface area contributed by atoms with Crippen LogP contribution < -0.4 is 20.1 Å². The zero-order valence-electron chi connectivity index (χ0n) is 17.6. The molecular formula is C21H31N3O4. The molecule has 0 bridgehead atoms. The first-order valence-electron chi connectivity index (χ1n) is 9.60. The lowest BCUT2D eigenvalue weighted by Crippen LogP contribution is -2.45. The fourth-order valence-corrected chi connectivity index (χ4v) is 2.63. The van der Waals surface area contributed by atoms with E-state index in [0.29, 0.717) is 24.7 Å². The van der Waals surface area contributed by atoms with Crippen molar-refractivity contribution in [3.63, 3.8) is 0 Å². The molecule has 0 fully saturated rings. The molecule has 1 aromatic heterocycles. The number of carbonyl (C=O) groups excluding carboxylic acids is 1. The monoisotopic (exact) mass is 389 g/mol. The number of aryl methyl sites for hydroxylation is 2. The third-order valence-electron chi connectivity index (χ3n) is 4.79. The maximum absolute atomic E-state index is 12.1. The van der Waals surface area contributed by atoms with Crippen LogP contribution in [0.25, 0.3) is 0 Å². The number of nitrogens with one attached hydrogen (secondary N) is 2. The molecule has 2 aromatic rings. The normalized spacial score (nSPS) is 13.1. The molecule has 7 heteroatoms. The predicted molar refractivity (Wildman–Crippen MR) is 108 cm³/mol. The first-order valence-corrected chi connectivity index (χ1v) is 9.60. The van der Waals surface area contributed by atoms with Gasteiger partial charge < -0.3 is 24.6 Å². The summed E-state index contributed by atoms with van der Waals surface area (Å²) in [6.45, 7) is 10.6. The van der Waals surface area contributed by atoms with Crippen LogP contribution in [0.2, 0.25) is 0 Å². The van der Waals surface area contributed by atoms with E-state index in [1.165, 1.54) is 0 Å². The molecule has 0 spiro atoms. The molecule has 2 unspecified atom stereocenters. The van der Waals surface area contributed by atoms with Gasteiger partial charge in [-0.15, -0.1) is 0 Å². The second-order valence-electron chi connectivity index (χ2n) is 7.00. The fourth-order valence-electron chi connectivity index (χ4n) is 2.63. The summed E-state index contributed by atoms with van der Waals surface area (Å²) in [7, 11) is 1.61. The van der Waals surface area contributed by atoms with Gasteiger partial charge in [0.05, 0.1) is 24.4 Å². The van der Waals surface area contributed by atoms with E-state index in [0.717, 1.165) is 29.0 Å². The predicted octanol–water partition coefficient (Wildman–Crippen LogP) is 3.27. The van der Waals surface area contributed by atoms with Crippen LogP contribution in [-0.4, -0.2) is 30.3 Å². The standard InChI is InChI=1S/C21H31N3O4/c1-7-13(2)23-21(25)15(4)22-11-17-8-9-19(20(10-17)26-6)27-12-18-14(3)24-28-16(18)5/h8-10,13,15,22H,7,11-12H2,1-6H3,(H,23,25). The second kappa shape index (κ2) is 10.1. The number of aromatic nitrogens is 1. The van der Waals surface area contributed by atoms with Crippen LogP contribution in [0.15, 0.2) is 22.7 Å². The van der Waals surface area contributed by atoms with Crippen LogP contribution in [0, 0.1) is 13.8 Å². The van der Waals surface area contributed by atoms with Crippen LogP contribution >= 0.6 is 0 Å². The van der Waals surface area contributed by atoms with Crippen LogP contribution in [0.1, 0.15) is 49.8 Å². The number of nitrogens with zero attached hydrogens (tertiary/aromatic N) is 1. The average molecular weight is 389 g/mol. The summed E-state index contributed by atoms with van der Waals surface area (Å²) in [5, 5.41) is 10.2. The number of hydrogen-bond donors (Lipinski definition) is 2. The van der Waals surface area contributed by atoms with Crippen LogP contribution in [0.3, 0.4) is 0 Å². The lowest BCUT2D eigenvalue weighted by molar-refractivity contribution is -0.123. The molecule has 1 amide bonds. The Morgan fingerprint density at radius 3 is 2.61 bits per heavy atom. The number of benzene rings is 1. The molecule has 0 saturated heterocycles. The summed E-state index contributed by atoms with van der Waals surface area (Å²) in [5.74, 6) is 2.04.